The van der Waals surface area contributed by atoms with Crippen molar-refractivity contribution in [2.45, 2.75) is 38.3 Å². The first-order valence-corrected chi connectivity index (χ1v) is 8.22. The Kier molecular flexibility index (Phi) is 4.28. The molecule has 1 saturated carbocycles. The third-order valence-electron chi connectivity index (χ3n) is 4.96. The summed E-state index contributed by atoms with van der Waals surface area (Å²) in [6, 6.07) is 0.633. The van der Waals surface area contributed by atoms with Crippen molar-refractivity contribution in [3.63, 3.8) is 0 Å². The van der Waals surface area contributed by atoms with Crippen molar-refractivity contribution < 1.29 is 4.79 Å². The topological polar surface area (TPSA) is 74.5 Å². The molecular formula is C16H26N6O. The average molecular weight is 318 g/mol. The van der Waals surface area contributed by atoms with Crippen LogP contribution in [0.25, 0.3) is 0 Å². The number of likely N-dealkylation sites (tertiary alicyclic amines) is 1. The maximum absolute atomic E-state index is 12.2. The van der Waals surface area contributed by atoms with E-state index in [2.05, 4.69) is 27.6 Å². The number of hydrogen-bond donors (Lipinski definition) is 2. The molecule has 2 heterocycles. The van der Waals surface area contributed by atoms with Crippen LogP contribution in [0.2, 0.25) is 0 Å². The largest absolute Gasteiger partial charge is 0.356 e. The fourth-order valence-electron chi connectivity index (χ4n) is 3.25. The lowest BCUT2D eigenvalue weighted by Gasteiger charge is -2.25. The molecule has 2 fully saturated rings. The zero-order valence-electron chi connectivity index (χ0n) is 14.3. The second kappa shape index (κ2) is 6.22. The van der Waals surface area contributed by atoms with E-state index in [1.165, 1.54) is 12.8 Å². The summed E-state index contributed by atoms with van der Waals surface area (Å²) in [6.45, 7) is 2.78. The SMILES string of the molecule is CN=C(NC[C@@H]1CC(=O)N(C)[C@H]1c1cnn(C)c1C)NC1CC1. The molecule has 7 nitrogen and oxygen atoms in total. The van der Waals surface area contributed by atoms with Gasteiger partial charge in [0.1, 0.15) is 0 Å². The number of rotatable bonds is 4. The summed E-state index contributed by atoms with van der Waals surface area (Å²) in [7, 11) is 5.60. The number of aromatic nitrogens is 2. The Balaban J connectivity index is 1.71. The minimum absolute atomic E-state index is 0.0720. The van der Waals surface area contributed by atoms with Crippen molar-refractivity contribution in [2.24, 2.45) is 18.0 Å². The molecule has 1 aromatic rings. The Morgan fingerprint density at radius 1 is 1.43 bits per heavy atom. The fraction of sp³-hybridized carbons (Fsp3) is 0.688. The average Bonchev–Trinajstić information content (AvgIpc) is 3.24. The Morgan fingerprint density at radius 2 is 2.17 bits per heavy atom. The van der Waals surface area contributed by atoms with Crippen molar-refractivity contribution in [2.75, 3.05) is 20.6 Å². The van der Waals surface area contributed by atoms with Gasteiger partial charge in [-0.1, -0.05) is 0 Å². The molecule has 7 heteroatoms. The summed E-state index contributed by atoms with van der Waals surface area (Å²) in [5.74, 6) is 1.24. The van der Waals surface area contributed by atoms with E-state index in [4.69, 9.17) is 0 Å². The number of aliphatic imine (C=N–C) groups is 1. The Bertz CT molecular complexity index is 618. The number of nitrogens with one attached hydrogen (secondary N) is 2. The van der Waals surface area contributed by atoms with Crippen LogP contribution in [0.15, 0.2) is 11.2 Å². The van der Waals surface area contributed by atoms with Gasteiger partial charge in [-0.05, 0) is 19.8 Å². The van der Waals surface area contributed by atoms with Crippen LogP contribution >= 0.6 is 0 Å². The Hall–Kier alpha value is -2.05. The molecular weight excluding hydrogens is 292 g/mol. The second-order valence-corrected chi connectivity index (χ2v) is 6.59. The van der Waals surface area contributed by atoms with E-state index in [1.54, 1.807) is 7.05 Å². The first kappa shape index (κ1) is 15.8. The molecule has 126 valence electrons. The molecule has 1 aliphatic carbocycles. The van der Waals surface area contributed by atoms with E-state index in [1.807, 2.05) is 29.9 Å². The van der Waals surface area contributed by atoms with Gasteiger partial charge < -0.3 is 15.5 Å². The third-order valence-corrected chi connectivity index (χ3v) is 4.96. The lowest BCUT2D eigenvalue weighted by atomic mass is 9.94. The maximum atomic E-state index is 12.2. The van der Waals surface area contributed by atoms with Crippen LogP contribution in [0.1, 0.15) is 36.6 Å². The summed E-state index contributed by atoms with van der Waals surface area (Å²) in [5, 5.41) is 11.1. The molecule has 0 aromatic carbocycles. The van der Waals surface area contributed by atoms with E-state index < -0.39 is 0 Å². The van der Waals surface area contributed by atoms with Gasteiger partial charge in [0.2, 0.25) is 5.91 Å². The number of hydrogen-bond acceptors (Lipinski definition) is 3. The minimum Gasteiger partial charge on any atom is -0.356 e. The number of guanidine groups is 1. The van der Waals surface area contributed by atoms with Gasteiger partial charge in [0.25, 0.3) is 0 Å². The molecule has 23 heavy (non-hydrogen) atoms. The molecule has 3 rings (SSSR count). The van der Waals surface area contributed by atoms with Crippen molar-refractivity contribution >= 4 is 11.9 Å². The molecule has 0 spiro atoms. The highest BCUT2D eigenvalue weighted by Crippen LogP contribution is 2.37. The van der Waals surface area contributed by atoms with Crippen LogP contribution in [0.4, 0.5) is 0 Å². The van der Waals surface area contributed by atoms with Crippen LogP contribution in [0, 0.1) is 12.8 Å². The van der Waals surface area contributed by atoms with Crippen LogP contribution in [-0.2, 0) is 11.8 Å². The van der Waals surface area contributed by atoms with Gasteiger partial charge >= 0.3 is 0 Å². The number of amides is 1. The van der Waals surface area contributed by atoms with E-state index in [-0.39, 0.29) is 17.9 Å². The highest BCUT2D eigenvalue weighted by Gasteiger charge is 2.40. The first-order valence-electron chi connectivity index (χ1n) is 8.22. The van der Waals surface area contributed by atoms with Crippen LogP contribution in [0.5, 0.6) is 0 Å². The van der Waals surface area contributed by atoms with Gasteiger partial charge in [-0.25, -0.2) is 0 Å². The molecule has 1 aromatic heterocycles. The molecule has 1 aliphatic heterocycles. The second-order valence-electron chi connectivity index (χ2n) is 6.59. The minimum atomic E-state index is 0.0720. The quantitative estimate of drug-likeness (QED) is 0.629. The predicted molar refractivity (Wildman–Crippen MR) is 89.1 cm³/mol. The lowest BCUT2D eigenvalue weighted by Crippen LogP contribution is -2.41. The van der Waals surface area contributed by atoms with Gasteiger partial charge in [0.15, 0.2) is 5.96 Å². The summed E-state index contributed by atoms with van der Waals surface area (Å²) in [5.41, 5.74) is 2.25. The van der Waals surface area contributed by atoms with Crippen LogP contribution in [-0.4, -0.2) is 53.2 Å². The molecule has 1 saturated heterocycles. The molecule has 2 N–H and O–H groups in total. The summed E-state index contributed by atoms with van der Waals surface area (Å²) < 4.78 is 1.87. The summed E-state index contributed by atoms with van der Waals surface area (Å²) >= 11 is 0. The lowest BCUT2D eigenvalue weighted by molar-refractivity contribution is -0.127. The highest BCUT2D eigenvalue weighted by atomic mass is 16.2. The third kappa shape index (κ3) is 3.18. The normalized spacial score (nSPS) is 25.1. The molecule has 2 aliphatic rings. The smallest absolute Gasteiger partial charge is 0.223 e. The predicted octanol–water partition coefficient (Wildman–Crippen LogP) is 0.575. The number of nitrogens with zero attached hydrogens (tertiary/aromatic N) is 4. The van der Waals surface area contributed by atoms with Gasteiger partial charge in [-0.3, -0.25) is 14.5 Å². The fourth-order valence-corrected chi connectivity index (χ4v) is 3.25. The van der Waals surface area contributed by atoms with Crippen molar-refractivity contribution in [3.05, 3.63) is 17.5 Å². The zero-order valence-corrected chi connectivity index (χ0v) is 14.3. The van der Waals surface area contributed by atoms with Crippen LogP contribution in [0.3, 0.4) is 0 Å². The molecule has 1 amide bonds. The highest BCUT2D eigenvalue weighted by molar-refractivity contribution is 5.81. The van der Waals surface area contributed by atoms with Gasteiger partial charge in [0, 0.05) is 57.3 Å². The number of carbonyl (C=O) groups is 1. The van der Waals surface area contributed by atoms with E-state index >= 15 is 0 Å². The van der Waals surface area contributed by atoms with Gasteiger partial charge in [0.05, 0.1) is 12.2 Å². The van der Waals surface area contributed by atoms with E-state index in [0.29, 0.717) is 12.5 Å². The Morgan fingerprint density at radius 3 is 2.74 bits per heavy atom. The van der Waals surface area contributed by atoms with E-state index in [9.17, 15) is 4.79 Å². The summed E-state index contributed by atoms with van der Waals surface area (Å²) in [4.78, 5) is 18.3. The van der Waals surface area contributed by atoms with Gasteiger partial charge in [-0.15, -0.1) is 0 Å². The van der Waals surface area contributed by atoms with Crippen LogP contribution < -0.4 is 10.6 Å². The standard InChI is InChI=1S/C16H26N6O/c1-10-13(9-19-22(10)4)15-11(7-14(23)21(15)3)8-18-16(17-2)20-12-5-6-12/h9,11-12,15H,5-8H2,1-4H3,(H2,17,18,20)/t11-,15+/m0/s1. The maximum Gasteiger partial charge on any atom is 0.223 e. The van der Waals surface area contributed by atoms with Gasteiger partial charge in [-0.2, -0.15) is 5.10 Å². The number of aryl methyl sites for hydroxylation is 1. The molecule has 0 bridgehead atoms. The Labute approximate surface area is 137 Å². The molecule has 2 atom stereocenters. The summed E-state index contributed by atoms with van der Waals surface area (Å²) in [6.07, 6.45) is 4.87. The van der Waals surface area contributed by atoms with Crippen molar-refractivity contribution in [1.29, 1.82) is 0 Å². The van der Waals surface area contributed by atoms with Crippen molar-refractivity contribution in [1.82, 2.24) is 25.3 Å². The van der Waals surface area contributed by atoms with Crippen molar-refractivity contribution in [3.8, 4) is 0 Å². The monoisotopic (exact) mass is 318 g/mol. The number of carbonyl (C=O) groups excluding carboxylic acids is 1. The van der Waals surface area contributed by atoms with E-state index in [0.717, 1.165) is 23.8 Å². The molecule has 0 unspecified atom stereocenters. The molecule has 0 radical (unpaired) electrons. The zero-order chi connectivity index (χ0) is 16.6. The first-order chi connectivity index (χ1) is 11.0.